The van der Waals surface area contributed by atoms with Gasteiger partial charge in [-0.25, -0.2) is 15.0 Å². The van der Waals surface area contributed by atoms with E-state index in [0.29, 0.717) is 40.5 Å². The van der Waals surface area contributed by atoms with Gasteiger partial charge in [0.15, 0.2) is 11.5 Å². The largest absolute Gasteiger partial charge is 0.454 e. The second-order valence-electron chi connectivity index (χ2n) is 8.17. The molecule has 0 radical (unpaired) electrons. The lowest BCUT2D eigenvalue weighted by Crippen LogP contribution is -2.07. The third-order valence-electron chi connectivity index (χ3n) is 5.26. The zero-order valence-electron chi connectivity index (χ0n) is 19.8. The van der Waals surface area contributed by atoms with E-state index in [-0.39, 0.29) is 12.7 Å². The van der Waals surface area contributed by atoms with Crippen LogP contribution in [0.5, 0.6) is 11.5 Å². The predicted molar refractivity (Wildman–Crippen MR) is 139 cm³/mol. The van der Waals surface area contributed by atoms with Gasteiger partial charge in [-0.3, -0.25) is 4.79 Å². The molecule has 1 aliphatic heterocycles. The van der Waals surface area contributed by atoms with E-state index in [9.17, 15) is 4.79 Å². The molecule has 9 heteroatoms. The third-order valence-corrected chi connectivity index (χ3v) is 5.26. The van der Waals surface area contributed by atoms with Gasteiger partial charge in [0.2, 0.25) is 12.7 Å². The second-order valence-corrected chi connectivity index (χ2v) is 8.17. The fourth-order valence-electron chi connectivity index (χ4n) is 3.59. The first kappa shape index (κ1) is 22.9. The van der Waals surface area contributed by atoms with Crippen LogP contribution in [0, 0.1) is 13.8 Å². The number of rotatable bonds is 7. The molecule has 3 N–H and O–H groups in total. The van der Waals surface area contributed by atoms with Crippen LogP contribution in [0.4, 0.5) is 28.8 Å². The maximum absolute atomic E-state index is 12.3. The minimum Gasteiger partial charge on any atom is -0.454 e. The fraction of sp³-hybridized carbons (Fsp3) is 0.111. The summed E-state index contributed by atoms with van der Waals surface area (Å²) in [5.41, 5.74) is 3.45. The quantitative estimate of drug-likeness (QED) is 0.303. The van der Waals surface area contributed by atoms with E-state index in [1.165, 1.54) is 6.08 Å². The Morgan fingerprint density at radius 3 is 2.39 bits per heavy atom. The Kier molecular flexibility index (Phi) is 6.44. The van der Waals surface area contributed by atoms with Gasteiger partial charge in [0, 0.05) is 29.7 Å². The highest BCUT2D eigenvalue weighted by atomic mass is 16.7. The van der Waals surface area contributed by atoms with Crippen molar-refractivity contribution in [1.29, 1.82) is 0 Å². The summed E-state index contributed by atoms with van der Waals surface area (Å²) in [5.74, 6) is 3.76. The van der Waals surface area contributed by atoms with E-state index in [4.69, 9.17) is 9.47 Å². The van der Waals surface area contributed by atoms with Gasteiger partial charge in [0.25, 0.3) is 0 Å². The number of aryl methyl sites for hydroxylation is 2. The molecule has 0 atom stereocenters. The van der Waals surface area contributed by atoms with Gasteiger partial charge in [-0.1, -0.05) is 6.07 Å². The molecule has 9 nitrogen and oxygen atoms in total. The van der Waals surface area contributed by atoms with Crippen LogP contribution in [0.3, 0.4) is 0 Å². The number of carbonyl (C=O) groups excluding carboxylic acids is 1. The average molecular weight is 481 g/mol. The molecule has 0 saturated carbocycles. The highest BCUT2D eigenvalue weighted by Gasteiger charge is 2.12. The van der Waals surface area contributed by atoms with Crippen LogP contribution in [0.25, 0.3) is 6.08 Å². The van der Waals surface area contributed by atoms with E-state index in [2.05, 4.69) is 30.9 Å². The van der Waals surface area contributed by atoms with Crippen molar-refractivity contribution in [2.75, 3.05) is 22.7 Å². The first-order valence-electron chi connectivity index (χ1n) is 11.3. The smallest absolute Gasteiger partial charge is 0.248 e. The summed E-state index contributed by atoms with van der Waals surface area (Å²) >= 11 is 0. The van der Waals surface area contributed by atoms with Crippen molar-refractivity contribution in [2.24, 2.45) is 0 Å². The number of nitrogens with zero attached hydrogens (tertiary/aromatic N) is 3. The van der Waals surface area contributed by atoms with Crippen LogP contribution in [0.2, 0.25) is 0 Å². The lowest BCUT2D eigenvalue weighted by molar-refractivity contribution is -0.111. The van der Waals surface area contributed by atoms with Crippen molar-refractivity contribution in [3.63, 3.8) is 0 Å². The lowest BCUT2D eigenvalue weighted by atomic mass is 10.2. The second kappa shape index (κ2) is 10.1. The monoisotopic (exact) mass is 480 g/mol. The van der Waals surface area contributed by atoms with Gasteiger partial charge < -0.3 is 25.4 Å². The van der Waals surface area contributed by atoms with Crippen LogP contribution >= 0.6 is 0 Å². The molecule has 1 amide bonds. The Balaban J connectivity index is 1.20. The molecule has 4 aromatic rings. The van der Waals surface area contributed by atoms with Crippen LogP contribution in [-0.4, -0.2) is 27.7 Å². The number of hydrogen-bond acceptors (Lipinski definition) is 8. The molecule has 3 heterocycles. The maximum atomic E-state index is 12.3. The van der Waals surface area contributed by atoms with Crippen molar-refractivity contribution < 1.29 is 14.3 Å². The third kappa shape index (κ3) is 5.76. The number of nitrogens with one attached hydrogen (secondary N) is 3. The number of ether oxygens (including phenoxy) is 2. The standard InChI is InChI=1S/C27H24N6O3/c1-17-11-12-28-24(13-17)33-26-15-25(29-18(2)30-26)31-20-5-7-21(8-6-20)32-27(34)10-4-19-3-9-22-23(14-19)36-16-35-22/h3-15H,16H2,1-2H3,(H,32,34)(H2,28,29,30,31,33)/b10-4+. The molecular weight excluding hydrogens is 456 g/mol. The predicted octanol–water partition coefficient (Wildman–Crippen LogP) is 5.36. The van der Waals surface area contributed by atoms with Gasteiger partial charge >= 0.3 is 0 Å². The summed E-state index contributed by atoms with van der Waals surface area (Å²) in [7, 11) is 0. The normalized spacial score (nSPS) is 11.9. The summed E-state index contributed by atoms with van der Waals surface area (Å²) in [6, 6.07) is 18.6. The van der Waals surface area contributed by atoms with E-state index in [1.54, 1.807) is 12.3 Å². The molecule has 0 bridgehead atoms. The molecular formula is C27H24N6O3. The highest BCUT2D eigenvalue weighted by molar-refractivity contribution is 6.02. The summed E-state index contributed by atoms with van der Waals surface area (Å²) in [5, 5.41) is 9.33. The number of amides is 1. The van der Waals surface area contributed by atoms with E-state index >= 15 is 0 Å². The minimum atomic E-state index is -0.236. The van der Waals surface area contributed by atoms with E-state index in [0.717, 1.165) is 16.8 Å². The molecule has 36 heavy (non-hydrogen) atoms. The molecule has 2 aromatic heterocycles. The van der Waals surface area contributed by atoms with Crippen molar-refractivity contribution in [3.8, 4) is 11.5 Å². The van der Waals surface area contributed by atoms with E-state index in [1.807, 2.05) is 74.5 Å². The zero-order chi connectivity index (χ0) is 24.9. The first-order chi connectivity index (χ1) is 17.5. The zero-order valence-corrected chi connectivity index (χ0v) is 19.8. The molecule has 0 spiro atoms. The van der Waals surface area contributed by atoms with Gasteiger partial charge in [0.05, 0.1) is 0 Å². The Labute approximate surface area is 208 Å². The Morgan fingerprint density at radius 2 is 1.58 bits per heavy atom. The summed E-state index contributed by atoms with van der Waals surface area (Å²) < 4.78 is 10.7. The summed E-state index contributed by atoms with van der Waals surface area (Å²) in [4.78, 5) is 25.5. The molecule has 1 aliphatic rings. The average Bonchev–Trinajstić information content (AvgIpc) is 3.32. The van der Waals surface area contributed by atoms with Gasteiger partial charge in [-0.05, 0) is 79.6 Å². The lowest BCUT2D eigenvalue weighted by Gasteiger charge is -2.11. The molecule has 0 saturated heterocycles. The van der Waals surface area contributed by atoms with Crippen LogP contribution in [0.15, 0.2) is 72.9 Å². The van der Waals surface area contributed by atoms with Gasteiger partial charge in [-0.15, -0.1) is 0 Å². The van der Waals surface area contributed by atoms with Crippen LogP contribution in [-0.2, 0) is 4.79 Å². The number of anilines is 5. The molecule has 0 fully saturated rings. The Hall–Kier alpha value is -4.92. The molecule has 2 aromatic carbocycles. The molecule has 5 rings (SSSR count). The SMILES string of the molecule is Cc1ccnc(Nc2cc(Nc3ccc(NC(=O)/C=C/c4ccc5c(c4)OCO5)cc3)nc(C)n2)c1. The molecule has 180 valence electrons. The fourth-order valence-corrected chi connectivity index (χ4v) is 3.59. The summed E-state index contributed by atoms with van der Waals surface area (Å²) in [6.07, 6.45) is 4.95. The minimum absolute atomic E-state index is 0.216. The Bertz CT molecular complexity index is 1440. The van der Waals surface area contributed by atoms with Gasteiger partial charge in [0.1, 0.15) is 23.3 Å². The van der Waals surface area contributed by atoms with Crippen molar-refractivity contribution >= 4 is 40.8 Å². The maximum Gasteiger partial charge on any atom is 0.248 e. The highest BCUT2D eigenvalue weighted by Crippen LogP contribution is 2.32. The first-order valence-corrected chi connectivity index (χ1v) is 11.3. The number of carbonyl (C=O) groups is 1. The van der Waals surface area contributed by atoms with Crippen LogP contribution in [0.1, 0.15) is 17.0 Å². The number of fused-ring (bicyclic) bond motifs is 1. The molecule has 0 aliphatic carbocycles. The number of pyridine rings is 1. The molecule has 0 unspecified atom stereocenters. The topological polar surface area (TPSA) is 110 Å². The van der Waals surface area contributed by atoms with Crippen LogP contribution < -0.4 is 25.4 Å². The number of aromatic nitrogens is 3. The number of hydrogen-bond donors (Lipinski definition) is 3. The van der Waals surface area contributed by atoms with Crippen molar-refractivity contribution in [3.05, 3.63) is 89.9 Å². The summed E-state index contributed by atoms with van der Waals surface area (Å²) in [6.45, 7) is 4.05. The van der Waals surface area contributed by atoms with Gasteiger partial charge in [-0.2, -0.15) is 0 Å². The van der Waals surface area contributed by atoms with E-state index < -0.39 is 0 Å². The number of benzene rings is 2. The van der Waals surface area contributed by atoms with Crippen molar-refractivity contribution in [1.82, 2.24) is 15.0 Å². The Morgan fingerprint density at radius 1 is 0.833 bits per heavy atom. The van der Waals surface area contributed by atoms with Crippen molar-refractivity contribution in [2.45, 2.75) is 13.8 Å².